The Kier molecular flexibility index (Phi) is 4.71. The second-order valence-electron chi connectivity index (χ2n) is 4.11. The third kappa shape index (κ3) is 3.74. The van der Waals surface area contributed by atoms with Crippen LogP contribution in [0, 0.1) is 6.92 Å². The third-order valence-corrected chi connectivity index (χ3v) is 4.00. The van der Waals surface area contributed by atoms with E-state index in [2.05, 4.69) is 62.3 Å². The smallest absolute Gasteiger partial charge is 0.0412 e. The summed E-state index contributed by atoms with van der Waals surface area (Å²) in [6.07, 6.45) is 0. The molecule has 0 heterocycles. The molecule has 18 heavy (non-hydrogen) atoms. The fourth-order valence-electron chi connectivity index (χ4n) is 1.71. The minimum absolute atomic E-state index is 0.733. The lowest BCUT2D eigenvalue weighted by Crippen LogP contribution is -2.00. The Bertz CT molecular complexity index is 549. The van der Waals surface area contributed by atoms with Crippen LogP contribution in [0.3, 0.4) is 0 Å². The molecule has 0 spiro atoms. The monoisotopic (exact) mass is 387 g/mol. The Morgan fingerprint density at radius 1 is 1.11 bits per heavy atom. The molecule has 4 heteroatoms. The summed E-state index contributed by atoms with van der Waals surface area (Å²) in [5.41, 5.74) is 3.45. The minimum Gasteiger partial charge on any atom is -0.381 e. The van der Waals surface area contributed by atoms with Gasteiger partial charge in [-0.05, 0) is 54.4 Å². The maximum Gasteiger partial charge on any atom is 0.0412 e. The zero-order chi connectivity index (χ0) is 13.1. The first-order chi connectivity index (χ1) is 8.54. The van der Waals surface area contributed by atoms with Gasteiger partial charge in [0.15, 0.2) is 0 Å². The fourth-order valence-corrected chi connectivity index (χ4v) is 2.90. The van der Waals surface area contributed by atoms with Gasteiger partial charge in [0.2, 0.25) is 0 Å². The summed E-state index contributed by atoms with van der Waals surface area (Å²) < 4.78 is 2.14. The van der Waals surface area contributed by atoms with Gasteiger partial charge in [0.25, 0.3) is 0 Å². The highest BCUT2D eigenvalue weighted by atomic mass is 79.9. The molecule has 0 aliphatic rings. The average Bonchev–Trinajstić information content (AvgIpc) is 2.29. The molecule has 0 amide bonds. The first kappa shape index (κ1) is 13.9. The molecule has 0 aliphatic heterocycles. The van der Waals surface area contributed by atoms with Crippen LogP contribution in [-0.4, -0.2) is 0 Å². The molecule has 2 rings (SSSR count). The van der Waals surface area contributed by atoms with E-state index in [1.165, 1.54) is 5.56 Å². The number of rotatable bonds is 3. The molecule has 0 saturated carbocycles. The number of halogens is 3. The van der Waals surface area contributed by atoms with Gasteiger partial charge in [0.05, 0.1) is 0 Å². The van der Waals surface area contributed by atoms with E-state index in [0.717, 1.165) is 31.8 Å². The highest BCUT2D eigenvalue weighted by Gasteiger charge is 2.02. The molecule has 0 radical (unpaired) electrons. The SMILES string of the molecule is Cc1cc(Br)cc(NCc2cc(Cl)ccc2Br)c1. The van der Waals surface area contributed by atoms with Crippen LogP contribution in [0.25, 0.3) is 0 Å². The summed E-state index contributed by atoms with van der Waals surface area (Å²) in [6, 6.07) is 12.1. The normalized spacial score (nSPS) is 10.4. The van der Waals surface area contributed by atoms with Crippen molar-refractivity contribution in [3.63, 3.8) is 0 Å². The van der Waals surface area contributed by atoms with E-state index >= 15 is 0 Å². The summed E-state index contributed by atoms with van der Waals surface area (Å²) in [7, 11) is 0. The summed E-state index contributed by atoms with van der Waals surface area (Å²) in [5, 5.41) is 4.14. The van der Waals surface area contributed by atoms with Gasteiger partial charge < -0.3 is 5.32 Å². The Hall–Kier alpha value is -0.510. The van der Waals surface area contributed by atoms with E-state index in [-0.39, 0.29) is 0 Å². The van der Waals surface area contributed by atoms with Crippen molar-refractivity contribution < 1.29 is 0 Å². The van der Waals surface area contributed by atoms with Gasteiger partial charge in [0.1, 0.15) is 0 Å². The molecule has 0 bridgehead atoms. The minimum atomic E-state index is 0.733. The largest absolute Gasteiger partial charge is 0.381 e. The van der Waals surface area contributed by atoms with Crippen molar-refractivity contribution in [3.8, 4) is 0 Å². The van der Waals surface area contributed by atoms with Gasteiger partial charge in [-0.1, -0.05) is 43.5 Å². The molecule has 0 fully saturated rings. The average molecular weight is 390 g/mol. The molecule has 0 atom stereocenters. The number of hydrogen-bond acceptors (Lipinski definition) is 1. The second-order valence-corrected chi connectivity index (χ2v) is 6.31. The zero-order valence-electron chi connectivity index (χ0n) is 9.81. The zero-order valence-corrected chi connectivity index (χ0v) is 13.7. The van der Waals surface area contributed by atoms with Crippen molar-refractivity contribution in [2.24, 2.45) is 0 Å². The van der Waals surface area contributed by atoms with Crippen LogP contribution in [0.5, 0.6) is 0 Å². The molecule has 2 aromatic rings. The molecule has 2 aromatic carbocycles. The van der Waals surface area contributed by atoms with Gasteiger partial charge in [0, 0.05) is 26.2 Å². The van der Waals surface area contributed by atoms with Crippen molar-refractivity contribution in [1.29, 1.82) is 0 Å². The van der Waals surface area contributed by atoms with Crippen molar-refractivity contribution in [2.75, 3.05) is 5.32 Å². The van der Waals surface area contributed by atoms with Crippen molar-refractivity contribution in [1.82, 2.24) is 0 Å². The highest BCUT2D eigenvalue weighted by Crippen LogP contribution is 2.24. The van der Waals surface area contributed by atoms with Crippen LogP contribution in [0.15, 0.2) is 45.3 Å². The predicted octanol–water partition coefficient (Wildman–Crippen LogP) is 5.79. The van der Waals surface area contributed by atoms with Crippen LogP contribution in [0.1, 0.15) is 11.1 Å². The molecule has 0 aliphatic carbocycles. The molecular weight excluding hydrogens is 377 g/mol. The molecule has 0 aromatic heterocycles. The van der Waals surface area contributed by atoms with E-state index in [9.17, 15) is 0 Å². The van der Waals surface area contributed by atoms with Crippen LogP contribution in [0.2, 0.25) is 5.02 Å². The van der Waals surface area contributed by atoms with Crippen LogP contribution in [-0.2, 0) is 6.54 Å². The van der Waals surface area contributed by atoms with E-state index in [1.54, 1.807) is 0 Å². The Morgan fingerprint density at radius 3 is 2.61 bits per heavy atom. The van der Waals surface area contributed by atoms with Crippen LogP contribution in [0.4, 0.5) is 5.69 Å². The Morgan fingerprint density at radius 2 is 1.89 bits per heavy atom. The first-order valence-electron chi connectivity index (χ1n) is 5.49. The maximum absolute atomic E-state index is 5.99. The fraction of sp³-hybridized carbons (Fsp3) is 0.143. The van der Waals surface area contributed by atoms with E-state index < -0.39 is 0 Å². The number of anilines is 1. The maximum atomic E-state index is 5.99. The van der Waals surface area contributed by atoms with Crippen molar-refractivity contribution >= 4 is 49.1 Å². The highest BCUT2D eigenvalue weighted by molar-refractivity contribution is 9.10. The molecule has 1 nitrogen and oxygen atoms in total. The molecule has 0 saturated heterocycles. The standard InChI is InChI=1S/C14H12Br2ClN/c1-9-4-11(15)7-13(5-9)18-8-10-6-12(17)2-3-14(10)16/h2-7,18H,8H2,1H3. The van der Waals surface area contributed by atoms with E-state index in [1.807, 2.05) is 18.2 Å². The Labute approximate surface area is 129 Å². The van der Waals surface area contributed by atoms with E-state index in [0.29, 0.717) is 0 Å². The lowest BCUT2D eigenvalue weighted by atomic mass is 10.2. The van der Waals surface area contributed by atoms with Gasteiger partial charge in [-0.2, -0.15) is 0 Å². The van der Waals surface area contributed by atoms with Crippen molar-refractivity contribution in [2.45, 2.75) is 13.5 Å². The number of hydrogen-bond donors (Lipinski definition) is 1. The van der Waals surface area contributed by atoms with Gasteiger partial charge in [-0.3, -0.25) is 0 Å². The number of benzene rings is 2. The predicted molar refractivity (Wildman–Crippen MR) is 85.4 cm³/mol. The van der Waals surface area contributed by atoms with Crippen LogP contribution >= 0.6 is 43.5 Å². The lowest BCUT2D eigenvalue weighted by molar-refractivity contribution is 1.13. The lowest BCUT2D eigenvalue weighted by Gasteiger charge is -2.10. The van der Waals surface area contributed by atoms with Gasteiger partial charge in [-0.25, -0.2) is 0 Å². The van der Waals surface area contributed by atoms with Crippen molar-refractivity contribution in [3.05, 3.63) is 61.5 Å². The van der Waals surface area contributed by atoms with Gasteiger partial charge >= 0.3 is 0 Å². The van der Waals surface area contributed by atoms with E-state index in [4.69, 9.17) is 11.6 Å². The summed E-state index contributed by atoms with van der Waals surface area (Å²) in [6.45, 7) is 2.81. The molecular formula is C14H12Br2ClN. The number of nitrogens with one attached hydrogen (secondary N) is 1. The summed E-state index contributed by atoms with van der Waals surface area (Å²) in [4.78, 5) is 0. The van der Waals surface area contributed by atoms with Gasteiger partial charge in [-0.15, -0.1) is 0 Å². The number of aryl methyl sites for hydroxylation is 1. The first-order valence-corrected chi connectivity index (χ1v) is 7.46. The summed E-state index contributed by atoms with van der Waals surface area (Å²) >= 11 is 13.0. The summed E-state index contributed by atoms with van der Waals surface area (Å²) in [5.74, 6) is 0. The topological polar surface area (TPSA) is 12.0 Å². The van der Waals surface area contributed by atoms with Crippen LogP contribution < -0.4 is 5.32 Å². The third-order valence-electron chi connectivity index (χ3n) is 2.53. The Balaban J connectivity index is 2.13. The molecule has 94 valence electrons. The quantitative estimate of drug-likeness (QED) is 0.701. The second kappa shape index (κ2) is 6.09. The molecule has 1 N–H and O–H groups in total. The molecule has 0 unspecified atom stereocenters.